The molecule has 2 heteroatoms. The highest BCUT2D eigenvalue weighted by Gasteiger charge is 2.22. The maximum atomic E-state index is 6.13. The minimum atomic E-state index is 0.272. The summed E-state index contributed by atoms with van der Waals surface area (Å²) in [5, 5.41) is 0. The number of hydrogen-bond donors (Lipinski definition) is 0. The lowest BCUT2D eigenvalue weighted by molar-refractivity contribution is 0.0178. The van der Waals surface area contributed by atoms with Gasteiger partial charge in [-0.2, -0.15) is 0 Å². The smallest absolute Gasteiger partial charge is 0.0825 e. The van der Waals surface area contributed by atoms with Gasteiger partial charge in [0.1, 0.15) is 0 Å². The lowest BCUT2D eigenvalue weighted by Crippen LogP contribution is -2.27. The fourth-order valence-corrected chi connectivity index (χ4v) is 2.84. The van der Waals surface area contributed by atoms with E-state index in [4.69, 9.17) is 4.74 Å². The van der Waals surface area contributed by atoms with Crippen LogP contribution < -0.4 is 0 Å². The Hall–Kier alpha value is -0.0900. The summed E-state index contributed by atoms with van der Waals surface area (Å²) in [6, 6.07) is 0. The Kier molecular flexibility index (Phi) is 6.49. The molecule has 0 aliphatic carbocycles. The van der Waals surface area contributed by atoms with Crippen molar-refractivity contribution in [2.24, 2.45) is 5.92 Å². The minimum Gasteiger partial charge on any atom is -0.366 e. The average Bonchev–Trinajstić information content (AvgIpc) is 2.29. The normalized spacial score (nSPS) is 28.3. The van der Waals surface area contributed by atoms with E-state index in [1.807, 2.05) is 0 Å². The van der Waals surface area contributed by atoms with E-state index >= 15 is 0 Å². The summed E-state index contributed by atoms with van der Waals surface area (Å²) >= 11 is 2.27. The van der Waals surface area contributed by atoms with Gasteiger partial charge in [-0.3, -0.25) is 0 Å². The maximum Gasteiger partial charge on any atom is 0.0825 e. The molecule has 0 saturated carbocycles. The van der Waals surface area contributed by atoms with Crippen LogP contribution in [0.1, 0.15) is 40.5 Å². The number of rotatable bonds is 4. The highest BCUT2D eigenvalue weighted by atomic mass is 127. The maximum absolute atomic E-state index is 6.13. The van der Waals surface area contributed by atoms with Crippen LogP contribution in [0.5, 0.6) is 0 Å². The second-order valence-electron chi connectivity index (χ2n) is 4.79. The summed E-state index contributed by atoms with van der Waals surface area (Å²) in [6.07, 6.45) is 9.51. The zero-order chi connectivity index (χ0) is 12.8. The first-order valence-corrected chi connectivity index (χ1v) is 7.60. The Morgan fingerprint density at radius 1 is 1.65 bits per heavy atom. The van der Waals surface area contributed by atoms with Gasteiger partial charge in [-0.05, 0) is 47.8 Å². The lowest BCUT2D eigenvalue weighted by atomic mass is 9.97. The second kappa shape index (κ2) is 7.37. The van der Waals surface area contributed by atoms with E-state index in [0.717, 1.165) is 12.8 Å². The zero-order valence-corrected chi connectivity index (χ0v) is 13.4. The van der Waals surface area contributed by atoms with Crippen LogP contribution in [0, 0.1) is 5.92 Å². The van der Waals surface area contributed by atoms with Gasteiger partial charge in [0.05, 0.1) is 12.2 Å². The number of hydrogen-bond acceptors (Lipinski definition) is 1. The van der Waals surface area contributed by atoms with E-state index in [1.54, 1.807) is 0 Å². The van der Waals surface area contributed by atoms with E-state index in [0.29, 0.717) is 12.0 Å². The van der Waals surface area contributed by atoms with Gasteiger partial charge in [-0.15, -0.1) is 0 Å². The van der Waals surface area contributed by atoms with Crippen LogP contribution in [0.15, 0.2) is 33.5 Å². The van der Waals surface area contributed by atoms with E-state index in [9.17, 15) is 0 Å². The van der Waals surface area contributed by atoms with Crippen molar-refractivity contribution in [1.82, 2.24) is 0 Å². The fourth-order valence-electron chi connectivity index (χ4n) is 2.19. The van der Waals surface area contributed by atoms with Gasteiger partial charge in [-0.1, -0.05) is 54.7 Å². The third kappa shape index (κ3) is 4.59. The topological polar surface area (TPSA) is 9.23 Å². The number of ether oxygens (including phenoxy) is 1. The SMILES string of the molecule is CC[C@H]1O[C@@H](/C(C)=C/[C@H](C)/C=C/I)CC=C1C. The van der Waals surface area contributed by atoms with Gasteiger partial charge in [0.2, 0.25) is 0 Å². The van der Waals surface area contributed by atoms with Gasteiger partial charge in [0.15, 0.2) is 0 Å². The van der Waals surface area contributed by atoms with Crippen LogP contribution in [-0.4, -0.2) is 12.2 Å². The first-order chi connectivity index (χ1) is 8.08. The van der Waals surface area contributed by atoms with Gasteiger partial charge in [0.25, 0.3) is 0 Å². The van der Waals surface area contributed by atoms with Crippen molar-refractivity contribution >= 4 is 22.6 Å². The van der Waals surface area contributed by atoms with E-state index in [2.05, 4.69) is 72.6 Å². The molecule has 0 unspecified atom stereocenters. The van der Waals surface area contributed by atoms with Crippen molar-refractivity contribution in [1.29, 1.82) is 0 Å². The van der Waals surface area contributed by atoms with E-state index in [1.165, 1.54) is 11.1 Å². The number of allylic oxidation sites excluding steroid dienone is 2. The van der Waals surface area contributed by atoms with E-state index in [-0.39, 0.29) is 6.10 Å². The molecular formula is C15H23IO. The van der Waals surface area contributed by atoms with Crippen LogP contribution >= 0.6 is 22.6 Å². The van der Waals surface area contributed by atoms with Gasteiger partial charge in [-0.25, -0.2) is 0 Å². The summed E-state index contributed by atoms with van der Waals surface area (Å²) in [5.74, 6) is 0.488. The van der Waals surface area contributed by atoms with Crippen molar-refractivity contribution in [2.75, 3.05) is 0 Å². The van der Waals surface area contributed by atoms with Crippen LogP contribution in [0.25, 0.3) is 0 Å². The molecule has 3 atom stereocenters. The fraction of sp³-hybridized carbons (Fsp3) is 0.600. The number of halogens is 1. The molecule has 0 bridgehead atoms. The van der Waals surface area contributed by atoms with Crippen molar-refractivity contribution < 1.29 is 4.74 Å². The Morgan fingerprint density at radius 2 is 2.35 bits per heavy atom. The minimum absolute atomic E-state index is 0.272. The average molecular weight is 346 g/mol. The quantitative estimate of drug-likeness (QED) is 0.512. The Balaban J connectivity index is 2.68. The first kappa shape index (κ1) is 15.0. The molecule has 0 aromatic rings. The molecule has 96 valence electrons. The lowest BCUT2D eigenvalue weighted by Gasteiger charge is -2.29. The van der Waals surface area contributed by atoms with Crippen LogP contribution in [0.2, 0.25) is 0 Å². The standard InChI is InChI=1S/C15H23IO/c1-5-14-12(3)6-7-15(17-14)13(4)10-11(2)8-9-16/h6,8-11,14-15H,5,7H2,1-4H3/b9-8+,13-10+/t11-,14-,15-/m1/s1. The summed E-state index contributed by atoms with van der Waals surface area (Å²) in [7, 11) is 0. The molecule has 0 fully saturated rings. The highest BCUT2D eigenvalue weighted by Crippen LogP contribution is 2.26. The van der Waals surface area contributed by atoms with Crippen molar-refractivity contribution in [3.05, 3.63) is 33.5 Å². The summed E-state index contributed by atoms with van der Waals surface area (Å²) in [6.45, 7) is 8.75. The van der Waals surface area contributed by atoms with Crippen LogP contribution in [-0.2, 0) is 4.74 Å². The van der Waals surface area contributed by atoms with Crippen molar-refractivity contribution in [2.45, 2.75) is 52.7 Å². The molecule has 1 nitrogen and oxygen atoms in total. The molecule has 0 N–H and O–H groups in total. The Morgan fingerprint density at radius 3 is 2.94 bits per heavy atom. The first-order valence-electron chi connectivity index (χ1n) is 6.35. The van der Waals surface area contributed by atoms with Crippen LogP contribution in [0.3, 0.4) is 0 Å². The van der Waals surface area contributed by atoms with Crippen molar-refractivity contribution in [3.63, 3.8) is 0 Å². The molecule has 1 aliphatic rings. The predicted molar refractivity (Wildman–Crippen MR) is 83.4 cm³/mol. The van der Waals surface area contributed by atoms with Crippen LogP contribution in [0.4, 0.5) is 0 Å². The summed E-state index contributed by atoms with van der Waals surface area (Å²) < 4.78 is 8.20. The van der Waals surface area contributed by atoms with Gasteiger partial charge < -0.3 is 4.74 Å². The third-order valence-corrected chi connectivity index (χ3v) is 3.69. The molecule has 1 aliphatic heterocycles. The summed E-state index contributed by atoms with van der Waals surface area (Å²) in [5.41, 5.74) is 2.74. The molecule has 0 spiro atoms. The molecule has 0 saturated heterocycles. The molecule has 0 radical (unpaired) electrons. The molecule has 0 aromatic heterocycles. The zero-order valence-electron chi connectivity index (χ0n) is 11.2. The molecule has 1 heterocycles. The molecule has 17 heavy (non-hydrogen) atoms. The van der Waals surface area contributed by atoms with Gasteiger partial charge >= 0.3 is 0 Å². The van der Waals surface area contributed by atoms with E-state index < -0.39 is 0 Å². The molecule has 1 rings (SSSR count). The molecule has 0 aromatic carbocycles. The highest BCUT2D eigenvalue weighted by molar-refractivity contribution is 14.1. The Bertz CT molecular complexity index is 328. The van der Waals surface area contributed by atoms with Crippen molar-refractivity contribution in [3.8, 4) is 0 Å². The Labute approximate surface area is 119 Å². The largest absolute Gasteiger partial charge is 0.366 e. The molecular weight excluding hydrogens is 323 g/mol. The monoisotopic (exact) mass is 346 g/mol. The van der Waals surface area contributed by atoms with Gasteiger partial charge in [0, 0.05) is 0 Å². The second-order valence-corrected chi connectivity index (χ2v) is 5.51. The third-order valence-electron chi connectivity index (χ3n) is 3.27. The molecule has 0 amide bonds. The summed E-state index contributed by atoms with van der Waals surface area (Å²) in [4.78, 5) is 0. The predicted octanol–water partition coefficient (Wildman–Crippen LogP) is 5.03.